The molecule has 138 valence electrons. The minimum absolute atomic E-state index is 0.133. The third-order valence-corrected chi connectivity index (χ3v) is 4.19. The van der Waals surface area contributed by atoms with Crippen LogP contribution in [0.5, 0.6) is 5.75 Å². The van der Waals surface area contributed by atoms with Crippen molar-refractivity contribution in [3.05, 3.63) is 89.1 Å². The van der Waals surface area contributed by atoms with Gasteiger partial charge in [-0.2, -0.15) is 0 Å². The lowest BCUT2D eigenvalue weighted by atomic mass is 10.1. The van der Waals surface area contributed by atoms with E-state index in [4.69, 9.17) is 4.74 Å². The first-order chi connectivity index (χ1) is 13.1. The molecule has 0 fully saturated rings. The van der Waals surface area contributed by atoms with Gasteiger partial charge in [0.2, 0.25) is 0 Å². The number of hydrogen-bond acceptors (Lipinski definition) is 4. The molecule has 0 saturated heterocycles. The molecule has 0 unspecified atom stereocenters. The van der Waals surface area contributed by atoms with Crippen LogP contribution in [0.15, 0.2) is 66.9 Å². The van der Waals surface area contributed by atoms with Crippen molar-refractivity contribution in [1.82, 2.24) is 10.3 Å². The molecule has 2 N–H and O–H groups in total. The molecule has 3 rings (SSSR count). The number of aryl methyl sites for hydroxylation is 1. The maximum atomic E-state index is 12.4. The van der Waals surface area contributed by atoms with Gasteiger partial charge in [-0.15, -0.1) is 0 Å². The van der Waals surface area contributed by atoms with Crippen LogP contribution in [0.25, 0.3) is 0 Å². The van der Waals surface area contributed by atoms with Crippen LogP contribution in [0.1, 0.15) is 27.0 Å². The van der Waals surface area contributed by atoms with E-state index in [0.717, 1.165) is 11.3 Å². The molecule has 0 aliphatic rings. The summed E-state index contributed by atoms with van der Waals surface area (Å²) in [4.78, 5) is 16.7. The van der Waals surface area contributed by atoms with Gasteiger partial charge in [-0.1, -0.05) is 42.0 Å². The van der Waals surface area contributed by atoms with E-state index in [9.17, 15) is 4.79 Å². The largest absolute Gasteiger partial charge is 0.497 e. The molecule has 5 heteroatoms. The number of carbonyl (C=O) groups is 1. The molecule has 0 aliphatic carbocycles. The Labute approximate surface area is 159 Å². The number of methoxy groups -OCH3 is 1. The lowest BCUT2D eigenvalue weighted by Crippen LogP contribution is -2.23. The van der Waals surface area contributed by atoms with Crippen LogP contribution in [0, 0.1) is 6.92 Å². The molecule has 0 radical (unpaired) electrons. The van der Waals surface area contributed by atoms with Crippen molar-refractivity contribution < 1.29 is 9.53 Å². The molecule has 1 heterocycles. The van der Waals surface area contributed by atoms with Crippen molar-refractivity contribution in [1.29, 1.82) is 0 Å². The highest BCUT2D eigenvalue weighted by atomic mass is 16.5. The maximum absolute atomic E-state index is 12.4. The lowest BCUT2D eigenvalue weighted by molar-refractivity contribution is 0.0951. The smallest absolute Gasteiger partial charge is 0.251 e. The van der Waals surface area contributed by atoms with Gasteiger partial charge in [0, 0.05) is 24.8 Å². The normalized spacial score (nSPS) is 10.3. The Kier molecular flexibility index (Phi) is 6.05. The first kappa shape index (κ1) is 18.5. The molecule has 0 bridgehead atoms. The van der Waals surface area contributed by atoms with Crippen LogP contribution in [-0.2, 0) is 13.1 Å². The quantitative estimate of drug-likeness (QED) is 0.669. The summed E-state index contributed by atoms with van der Waals surface area (Å²) in [6.07, 6.45) is 1.64. The number of carbonyl (C=O) groups excluding carboxylic acids is 1. The third-order valence-electron chi connectivity index (χ3n) is 4.19. The number of hydrogen-bond donors (Lipinski definition) is 2. The summed E-state index contributed by atoms with van der Waals surface area (Å²) in [6, 6.07) is 19.4. The van der Waals surface area contributed by atoms with E-state index in [0.29, 0.717) is 24.5 Å². The van der Waals surface area contributed by atoms with E-state index in [1.165, 1.54) is 11.1 Å². The summed E-state index contributed by atoms with van der Waals surface area (Å²) >= 11 is 0. The van der Waals surface area contributed by atoms with Crippen molar-refractivity contribution in [3.63, 3.8) is 0 Å². The monoisotopic (exact) mass is 361 g/mol. The molecule has 0 aliphatic heterocycles. The van der Waals surface area contributed by atoms with Crippen LogP contribution >= 0.6 is 0 Å². The van der Waals surface area contributed by atoms with E-state index in [-0.39, 0.29) is 5.91 Å². The second-order valence-corrected chi connectivity index (χ2v) is 6.30. The maximum Gasteiger partial charge on any atom is 0.251 e. The third kappa shape index (κ3) is 5.31. The average molecular weight is 361 g/mol. The van der Waals surface area contributed by atoms with Crippen molar-refractivity contribution >= 4 is 11.7 Å². The summed E-state index contributed by atoms with van der Waals surface area (Å²) in [6.45, 7) is 3.18. The highest BCUT2D eigenvalue weighted by Crippen LogP contribution is 2.12. The SMILES string of the molecule is COc1ccc(CNC(=O)c2ccnc(NCc3cccc(C)c3)c2)cc1. The number of aromatic nitrogens is 1. The summed E-state index contributed by atoms with van der Waals surface area (Å²) < 4.78 is 5.14. The van der Waals surface area contributed by atoms with Crippen LogP contribution in [0.2, 0.25) is 0 Å². The predicted octanol–water partition coefficient (Wildman–Crippen LogP) is 3.94. The Morgan fingerprint density at radius 2 is 1.81 bits per heavy atom. The summed E-state index contributed by atoms with van der Waals surface area (Å²) in [5.41, 5.74) is 3.97. The Hall–Kier alpha value is -3.34. The van der Waals surface area contributed by atoms with E-state index < -0.39 is 0 Å². The van der Waals surface area contributed by atoms with Gasteiger partial charge < -0.3 is 15.4 Å². The number of ether oxygens (including phenoxy) is 1. The first-order valence-electron chi connectivity index (χ1n) is 8.80. The van der Waals surface area contributed by atoms with Gasteiger partial charge in [-0.05, 0) is 42.3 Å². The number of nitrogens with one attached hydrogen (secondary N) is 2. The Morgan fingerprint density at radius 3 is 2.56 bits per heavy atom. The lowest BCUT2D eigenvalue weighted by Gasteiger charge is -2.09. The number of rotatable bonds is 7. The summed E-state index contributed by atoms with van der Waals surface area (Å²) in [5, 5.41) is 6.19. The molecular formula is C22H23N3O2. The van der Waals surface area contributed by atoms with Crippen LogP contribution in [0.4, 0.5) is 5.82 Å². The molecule has 2 aromatic carbocycles. The fourth-order valence-corrected chi connectivity index (χ4v) is 2.71. The number of benzene rings is 2. The number of nitrogens with zero attached hydrogens (tertiary/aromatic N) is 1. The zero-order valence-corrected chi connectivity index (χ0v) is 15.5. The summed E-state index contributed by atoms with van der Waals surface area (Å²) in [5.74, 6) is 1.34. The molecule has 0 saturated carbocycles. The highest BCUT2D eigenvalue weighted by Gasteiger charge is 2.07. The van der Waals surface area contributed by atoms with E-state index >= 15 is 0 Å². The minimum Gasteiger partial charge on any atom is -0.497 e. The molecule has 27 heavy (non-hydrogen) atoms. The van der Waals surface area contributed by atoms with Gasteiger partial charge >= 0.3 is 0 Å². The minimum atomic E-state index is -0.133. The Morgan fingerprint density at radius 1 is 1.00 bits per heavy atom. The summed E-state index contributed by atoms with van der Waals surface area (Å²) in [7, 11) is 1.63. The van der Waals surface area contributed by atoms with Crippen molar-refractivity contribution in [3.8, 4) is 5.75 Å². The second-order valence-electron chi connectivity index (χ2n) is 6.30. The van der Waals surface area contributed by atoms with Gasteiger partial charge in [0.15, 0.2) is 0 Å². The first-order valence-corrected chi connectivity index (χ1v) is 8.80. The molecule has 3 aromatic rings. The Bertz CT molecular complexity index is 907. The standard InChI is InChI=1S/C22H23N3O2/c1-16-4-3-5-18(12-16)15-24-21-13-19(10-11-23-21)22(26)25-14-17-6-8-20(27-2)9-7-17/h3-13H,14-15H2,1-2H3,(H,23,24)(H,25,26). The van der Waals surface area contributed by atoms with Crippen LogP contribution in [0.3, 0.4) is 0 Å². The highest BCUT2D eigenvalue weighted by molar-refractivity contribution is 5.94. The molecule has 0 spiro atoms. The van der Waals surface area contributed by atoms with Crippen molar-refractivity contribution in [2.75, 3.05) is 12.4 Å². The van der Waals surface area contributed by atoms with E-state index in [1.54, 1.807) is 25.4 Å². The number of anilines is 1. The number of amides is 1. The van der Waals surface area contributed by atoms with E-state index in [2.05, 4.69) is 40.7 Å². The predicted molar refractivity (Wildman–Crippen MR) is 107 cm³/mol. The van der Waals surface area contributed by atoms with Crippen LogP contribution < -0.4 is 15.4 Å². The van der Waals surface area contributed by atoms with Crippen molar-refractivity contribution in [2.45, 2.75) is 20.0 Å². The van der Waals surface area contributed by atoms with Gasteiger partial charge in [0.1, 0.15) is 11.6 Å². The second kappa shape index (κ2) is 8.85. The Balaban J connectivity index is 1.57. The van der Waals surface area contributed by atoms with Crippen LogP contribution in [-0.4, -0.2) is 18.0 Å². The van der Waals surface area contributed by atoms with Gasteiger partial charge in [0.25, 0.3) is 5.91 Å². The van der Waals surface area contributed by atoms with Gasteiger partial charge in [0.05, 0.1) is 7.11 Å². The fourth-order valence-electron chi connectivity index (χ4n) is 2.71. The average Bonchev–Trinajstić information content (AvgIpc) is 2.71. The topological polar surface area (TPSA) is 63.2 Å². The zero-order valence-electron chi connectivity index (χ0n) is 15.5. The molecule has 5 nitrogen and oxygen atoms in total. The molecule has 1 amide bonds. The van der Waals surface area contributed by atoms with E-state index in [1.807, 2.05) is 30.3 Å². The zero-order chi connectivity index (χ0) is 19.1. The van der Waals surface area contributed by atoms with Gasteiger partial charge in [-0.3, -0.25) is 4.79 Å². The number of pyridine rings is 1. The molecule has 0 atom stereocenters. The fraction of sp³-hybridized carbons (Fsp3) is 0.182. The molecular weight excluding hydrogens is 338 g/mol. The van der Waals surface area contributed by atoms with Gasteiger partial charge in [-0.25, -0.2) is 4.98 Å². The molecule has 1 aromatic heterocycles. The van der Waals surface area contributed by atoms with Crippen molar-refractivity contribution in [2.24, 2.45) is 0 Å².